The van der Waals surface area contributed by atoms with Gasteiger partial charge in [-0.3, -0.25) is 14.9 Å². The van der Waals surface area contributed by atoms with Crippen molar-refractivity contribution in [2.45, 2.75) is 31.3 Å². The Morgan fingerprint density at radius 3 is 2.42 bits per heavy atom. The zero-order chi connectivity index (χ0) is 31.3. The maximum atomic E-state index is 14.7. The van der Waals surface area contributed by atoms with E-state index in [1.165, 1.54) is 37.0 Å². The summed E-state index contributed by atoms with van der Waals surface area (Å²) in [6.07, 6.45) is 8.28. The molecule has 4 amide bonds. The third-order valence-electron chi connectivity index (χ3n) is 7.99. The number of aromatic nitrogens is 1. The van der Waals surface area contributed by atoms with E-state index in [9.17, 15) is 23.2 Å². The van der Waals surface area contributed by atoms with Crippen LogP contribution in [0, 0.1) is 5.92 Å². The van der Waals surface area contributed by atoms with Gasteiger partial charge in [0.15, 0.2) is 23.0 Å². The van der Waals surface area contributed by atoms with Crippen molar-refractivity contribution in [3.63, 3.8) is 0 Å². The molecule has 2 atom stereocenters. The Hall–Kier alpha value is -4.26. The van der Waals surface area contributed by atoms with Gasteiger partial charge in [0.25, 0.3) is 11.8 Å². The van der Waals surface area contributed by atoms with E-state index < -0.39 is 46.7 Å². The van der Waals surface area contributed by atoms with Crippen LogP contribution in [-0.4, -0.2) is 98.7 Å². The summed E-state index contributed by atoms with van der Waals surface area (Å²) >= 11 is 0. The minimum atomic E-state index is -1.68. The van der Waals surface area contributed by atoms with E-state index in [4.69, 9.17) is 9.47 Å². The van der Waals surface area contributed by atoms with Gasteiger partial charge in [0.1, 0.15) is 11.6 Å². The number of amides is 4. The summed E-state index contributed by atoms with van der Waals surface area (Å²) in [6, 6.07) is 6.11. The van der Waals surface area contributed by atoms with Gasteiger partial charge in [-0.05, 0) is 58.1 Å². The van der Waals surface area contributed by atoms with Crippen LogP contribution in [0.3, 0.4) is 0 Å². The summed E-state index contributed by atoms with van der Waals surface area (Å²) in [5.41, 5.74) is -2.04. The van der Waals surface area contributed by atoms with Crippen LogP contribution in [0.25, 0.3) is 0 Å². The zero-order valence-corrected chi connectivity index (χ0v) is 25.0. The normalized spacial score (nSPS) is 24.5. The molecule has 4 heterocycles. The lowest BCUT2D eigenvalue weighted by Gasteiger charge is -2.36. The second-order valence-electron chi connectivity index (χ2n) is 10.8. The first-order valence-electron chi connectivity index (χ1n) is 14.0. The number of carbonyl (C=O) groups excluding carboxylic acids is 3. The monoisotopic (exact) mass is 600 g/mol. The first-order chi connectivity index (χ1) is 20.5. The van der Waals surface area contributed by atoms with Crippen LogP contribution in [0.1, 0.15) is 19.8 Å². The number of hydrogen-bond acceptors (Lipinski definition) is 8. The molecule has 4 aliphatic rings. The Bertz CT molecular complexity index is 1350. The van der Waals surface area contributed by atoms with Crippen LogP contribution in [0.4, 0.5) is 19.4 Å². The van der Waals surface area contributed by atoms with E-state index in [2.05, 4.69) is 51.6 Å². The lowest BCUT2D eigenvalue weighted by molar-refractivity contribution is -0.131. The average Bonchev–Trinajstić information content (AvgIpc) is 3.23. The number of anilines is 1. The summed E-state index contributed by atoms with van der Waals surface area (Å²) in [7, 11) is 6.76. The Morgan fingerprint density at radius 2 is 1.88 bits per heavy atom. The minimum absolute atomic E-state index is 0.0222. The van der Waals surface area contributed by atoms with Crippen LogP contribution >= 0.6 is 0 Å². The Kier molecular flexibility index (Phi) is 9.84. The zero-order valence-electron chi connectivity index (χ0n) is 25.0. The molecule has 1 aromatic heterocycles. The Balaban J connectivity index is 0.000000237. The van der Waals surface area contributed by atoms with Gasteiger partial charge in [0, 0.05) is 37.8 Å². The molecule has 2 bridgehead atoms. The Morgan fingerprint density at radius 1 is 1.16 bits per heavy atom. The van der Waals surface area contributed by atoms with Crippen molar-refractivity contribution < 1.29 is 32.6 Å². The summed E-state index contributed by atoms with van der Waals surface area (Å²) in [6.45, 7) is 3.51. The van der Waals surface area contributed by atoms with Crippen molar-refractivity contribution in [3.05, 3.63) is 71.4 Å². The maximum absolute atomic E-state index is 14.7. The number of halogens is 2. The molecule has 0 spiro atoms. The molecule has 1 aromatic rings. The summed E-state index contributed by atoms with van der Waals surface area (Å²) in [5.74, 6) is -3.57. The number of pyridine rings is 1. The van der Waals surface area contributed by atoms with E-state index in [-0.39, 0.29) is 24.4 Å². The molecular weight excluding hydrogens is 562 g/mol. The van der Waals surface area contributed by atoms with Crippen molar-refractivity contribution in [1.29, 1.82) is 0 Å². The predicted octanol–water partition coefficient (Wildman–Crippen LogP) is 2.81. The number of imide groups is 1. The van der Waals surface area contributed by atoms with Gasteiger partial charge < -0.3 is 29.5 Å². The smallest absolute Gasteiger partial charge is 0.322 e. The van der Waals surface area contributed by atoms with Crippen molar-refractivity contribution in [3.8, 4) is 0 Å². The first kappa shape index (κ1) is 31.7. The highest BCUT2D eigenvalue weighted by atomic mass is 19.1. The van der Waals surface area contributed by atoms with Crippen LogP contribution in [0.15, 0.2) is 71.4 Å². The first-order valence-corrected chi connectivity index (χ1v) is 14.0. The van der Waals surface area contributed by atoms with Gasteiger partial charge in [-0.2, -0.15) is 0 Å². The van der Waals surface area contributed by atoms with Crippen molar-refractivity contribution in [1.82, 2.24) is 25.4 Å². The lowest BCUT2D eigenvalue weighted by atomic mass is 9.92. The minimum Gasteiger partial charge on any atom is -0.498 e. The highest BCUT2D eigenvalue weighted by molar-refractivity contribution is 6.09. The van der Waals surface area contributed by atoms with E-state index in [1.807, 2.05) is 12.3 Å². The second kappa shape index (κ2) is 13.4. The fourth-order valence-corrected chi connectivity index (χ4v) is 5.76. The number of hydrogen-bond donors (Lipinski definition) is 2. The summed E-state index contributed by atoms with van der Waals surface area (Å²) in [5, 5.41) is 4.60. The summed E-state index contributed by atoms with van der Waals surface area (Å²) in [4.78, 5) is 47.4. The Labute approximate surface area is 249 Å². The molecule has 3 aliphatic heterocycles. The average molecular weight is 601 g/mol. The standard InChI is InChI=1S/C18H19F2N3O5.C12H19N3/c1-4-12(27-2)18(16(25)21-17(26)22-18)8-23-7-9-5-10(15(23)24)13(20)14(28-3)11(19)6-9;1-14(2)11-6-9-15(10-7-11)12-5-3-4-8-13-12/h4-6,9H,7-8H2,1-3H3,(H2,21,22,25,26);3-5,8,11H,6-7,9-10H2,1-2H3/b12-4-;. The summed E-state index contributed by atoms with van der Waals surface area (Å²) < 4.78 is 38.8. The number of piperidine rings is 1. The van der Waals surface area contributed by atoms with Crippen LogP contribution in [-0.2, 0) is 19.1 Å². The highest BCUT2D eigenvalue weighted by Gasteiger charge is 2.53. The molecule has 2 unspecified atom stereocenters. The molecule has 2 N–H and O–H groups in total. The predicted molar refractivity (Wildman–Crippen MR) is 156 cm³/mol. The van der Waals surface area contributed by atoms with Crippen molar-refractivity contribution in [2.24, 2.45) is 5.92 Å². The number of fused-ring (bicyclic) bond motifs is 1. The number of methoxy groups -OCH3 is 2. The van der Waals surface area contributed by atoms with E-state index in [1.54, 1.807) is 6.92 Å². The van der Waals surface area contributed by atoms with Crippen LogP contribution in [0.5, 0.6) is 0 Å². The molecule has 2 saturated heterocycles. The topological polar surface area (TPSA) is 116 Å². The number of nitrogens with one attached hydrogen (secondary N) is 2. The van der Waals surface area contributed by atoms with Gasteiger partial charge in [0.05, 0.1) is 26.3 Å². The third kappa shape index (κ3) is 6.56. The van der Waals surface area contributed by atoms with E-state index >= 15 is 0 Å². The molecule has 0 radical (unpaired) electrons. The maximum Gasteiger partial charge on any atom is 0.322 e. The van der Waals surface area contributed by atoms with Crippen LogP contribution < -0.4 is 15.5 Å². The van der Waals surface area contributed by atoms with Gasteiger partial charge in [0.2, 0.25) is 0 Å². The largest absolute Gasteiger partial charge is 0.498 e. The quantitative estimate of drug-likeness (QED) is 0.363. The number of urea groups is 1. The molecule has 0 saturated carbocycles. The van der Waals surface area contributed by atoms with Gasteiger partial charge in [-0.1, -0.05) is 12.1 Å². The van der Waals surface area contributed by atoms with Crippen LogP contribution in [0.2, 0.25) is 0 Å². The molecule has 0 aromatic carbocycles. The molecule has 11 nitrogen and oxygen atoms in total. The third-order valence-corrected chi connectivity index (χ3v) is 7.99. The van der Waals surface area contributed by atoms with Gasteiger partial charge >= 0.3 is 6.03 Å². The van der Waals surface area contributed by atoms with E-state index in [0.717, 1.165) is 38.1 Å². The molecule has 1 aliphatic carbocycles. The molecule has 13 heteroatoms. The van der Waals surface area contributed by atoms with Crippen molar-refractivity contribution in [2.75, 3.05) is 59.4 Å². The SMILES string of the molecule is C/C=C(\OC)C1(CN2CC3C=C(F)C(OC)=C(F)C(=C3)C2=O)NC(=O)NC1=O.CN(C)C1CCN(c2ccccn2)CC1. The highest BCUT2D eigenvalue weighted by Crippen LogP contribution is 2.35. The van der Waals surface area contributed by atoms with Gasteiger partial charge in [-0.15, -0.1) is 0 Å². The van der Waals surface area contributed by atoms with E-state index in [0.29, 0.717) is 0 Å². The lowest BCUT2D eigenvalue weighted by Crippen LogP contribution is -2.59. The molecule has 43 heavy (non-hydrogen) atoms. The number of ether oxygens (including phenoxy) is 2. The molecule has 232 valence electrons. The fourth-order valence-electron chi connectivity index (χ4n) is 5.76. The second-order valence-corrected chi connectivity index (χ2v) is 10.8. The number of carbonyl (C=O) groups is 3. The number of nitrogens with zero attached hydrogens (tertiary/aromatic N) is 4. The molecular formula is C30H38F2N6O5. The van der Waals surface area contributed by atoms with Gasteiger partial charge in [-0.25, -0.2) is 18.6 Å². The number of allylic oxidation sites excluding steroid dienone is 2. The molecule has 5 rings (SSSR count). The number of rotatable bonds is 7. The fraction of sp³-hybridized carbons (Fsp3) is 0.467. The molecule has 2 fully saturated rings. The van der Waals surface area contributed by atoms with Crippen molar-refractivity contribution >= 4 is 23.7 Å².